The molecule has 0 aliphatic rings. The number of thioether (sulfide) groups is 1. The van der Waals surface area contributed by atoms with Crippen molar-refractivity contribution in [1.29, 1.82) is 0 Å². The second-order valence-electron chi connectivity index (χ2n) is 34.4. The van der Waals surface area contributed by atoms with Gasteiger partial charge in [0.2, 0.25) is 0 Å². The van der Waals surface area contributed by atoms with E-state index in [1.807, 2.05) is 151 Å². The summed E-state index contributed by atoms with van der Waals surface area (Å²) < 4.78 is 4.95. The Morgan fingerprint density at radius 3 is 1.14 bits per heavy atom. The van der Waals surface area contributed by atoms with Gasteiger partial charge in [-0.15, -0.1) is 85.5 Å². The summed E-state index contributed by atoms with van der Waals surface area (Å²) in [7, 11) is 1.71. The molecule has 0 amide bonds. The molecule has 131 heavy (non-hydrogen) atoms. The van der Waals surface area contributed by atoms with Crippen molar-refractivity contribution >= 4 is 11.8 Å². The lowest BCUT2D eigenvalue weighted by atomic mass is 9.92. The van der Waals surface area contributed by atoms with Gasteiger partial charge in [-0.2, -0.15) is 11.8 Å². The number of hydrogen-bond donors (Lipinski definition) is 13. The lowest BCUT2D eigenvalue weighted by molar-refractivity contribution is 0.157. The summed E-state index contributed by atoms with van der Waals surface area (Å²) in [4.78, 5) is 0. The third-order valence-corrected chi connectivity index (χ3v) is 19.6. The summed E-state index contributed by atoms with van der Waals surface area (Å²) in [6.45, 7) is 118. The molecule has 0 fully saturated rings. The van der Waals surface area contributed by atoms with Crippen LogP contribution >= 0.6 is 11.8 Å². The van der Waals surface area contributed by atoms with E-state index in [0.29, 0.717) is 23.5 Å². The summed E-state index contributed by atoms with van der Waals surface area (Å²) in [6, 6.07) is 22.7. The monoisotopic (exact) mass is 1850 g/mol. The van der Waals surface area contributed by atoms with Crippen LogP contribution in [-0.4, -0.2) is 186 Å². The second-order valence-corrected chi connectivity index (χ2v) is 35.4. The second kappa shape index (κ2) is 138. The van der Waals surface area contributed by atoms with E-state index >= 15 is 0 Å². The highest BCUT2D eigenvalue weighted by Gasteiger charge is 2.16. The van der Waals surface area contributed by atoms with Gasteiger partial charge in [0.15, 0.2) is 0 Å². The van der Waals surface area contributed by atoms with E-state index in [2.05, 4.69) is 320 Å². The van der Waals surface area contributed by atoms with Gasteiger partial charge in [0.1, 0.15) is 0 Å². The van der Waals surface area contributed by atoms with Gasteiger partial charge in [-0.1, -0.05) is 303 Å². The average molecular weight is 1860 g/mol. The van der Waals surface area contributed by atoms with Crippen LogP contribution in [0.1, 0.15) is 273 Å². The highest BCUT2D eigenvalue weighted by Crippen LogP contribution is 2.17. The molecule has 770 valence electrons. The minimum absolute atomic E-state index is 0.00116. The number of aliphatic hydroxyl groups excluding tert-OH is 1. The zero-order chi connectivity index (χ0) is 102. The topological polar surface area (TPSA) is 174 Å². The molecule has 0 saturated carbocycles. The summed E-state index contributed by atoms with van der Waals surface area (Å²) in [5, 5.41) is 48.9. The van der Waals surface area contributed by atoms with E-state index in [-0.39, 0.29) is 12.0 Å². The summed E-state index contributed by atoms with van der Waals surface area (Å²) >= 11 is 1.91. The molecule has 3 atom stereocenters. The zero-order valence-corrected chi connectivity index (χ0v) is 92.0. The number of hydrogen-bond acceptors (Lipinski definition) is 15. The van der Waals surface area contributed by atoms with E-state index < -0.39 is 0 Å². The predicted molar refractivity (Wildman–Crippen MR) is 611 cm³/mol. The normalized spacial score (nSPS) is 10.8. The highest BCUT2D eigenvalue weighted by molar-refractivity contribution is 7.98. The summed E-state index contributed by atoms with van der Waals surface area (Å²) in [6.07, 6.45) is 51.4. The Hall–Kier alpha value is -5.41. The van der Waals surface area contributed by atoms with Crippen LogP contribution in [0.2, 0.25) is 0 Å². The van der Waals surface area contributed by atoms with Crippen LogP contribution in [0.4, 0.5) is 0 Å². The summed E-state index contributed by atoms with van der Waals surface area (Å²) in [5.74, 6) is 5.10. The number of aliphatic hydroxyl groups is 1. The molecule has 2 rings (SSSR count). The third kappa shape index (κ3) is 162. The highest BCUT2D eigenvalue weighted by atomic mass is 32.2. The number of methoxy groups -OCH3 is 1. The maximum absolute atomic E-state index is 8.89. The molecule has 0 aromatic heterocycles. The molecule has 0 saturated heterocycles. The van der Waals surface area contributed by atoms with Gasteiger partial charge < -0.3 is 73.6 Å². The van der Waals surface area contributed by atoms with Gasteiger partial charge in [0.25, 0.3) is 0 Å². The Kier molecular flexibility index (Phi) is 159. The van der Waals surface area contributed by atoms with Crippen molar-refractivity contribution in [2.45, 2.75) is 293 Å². The molecule has 0 spiro atoms. The maximum Gasteiger partial charge on any atom is 0.0613 e. The van der Waals surface area contributed by atoms with E-state index in [9.17, 15) is 0 Å². The fraction of sp³-hybridized carbons (Fsp3) is 0.655. The van der Waals surface area contributed by atoms with Crippen molar-refractivity contribution in [3.63, 3.8) is 0 Å². The van der Waals surface area contributed by atoms with Gasteiger partial charge in [0, 0.05) is 63.4 Å². The fourth-order valence-corrected chi connectivity index (χ4v) is 10.5. The van der Waals surface area contributed by atoms with Crippen LogP contribution < -0.4 is 63.8 Å². The van der Waals surface area contributed by atoms with Gasteiger partial charge >= 0.3 is 0 Å². The summed E-state index contributed by atoms with van der Waals surface area (Å²) in [5.41, 5.74) is 3.19. The molecule has 13 N–H and O–H groups in total. The van der Waals surface area contributed by atoms with Gasteiger partial charge in [0.05, 0.1) is 6.61 Å². The van der Waals surface area contributed by atoms with Crippen LogP contribution in [0, 0.1) is 40.4 Å². The Balaban J connectivity index is -0.000000118. The van der Waals surface area contributed by atoms with Crippen molar-refractivity contribution in [2.75, 3.05) is 163 Å². The van der Waals surface area contributed by atoms with Crippen molar-refractivity contribution in [3.8, 4) is 0 Å². The molecule has 0 aliphatic carbocycles. The van der Waals surface area contributed by atoms with Crippen molar-refractivity contribution < 1.29 is 9.84 Å². The third-order valence-electron chi connectivity index (χ3n) is 18.9. The number of allylic oxidation sites excluding steroid dienone is 1. The number of nitrogens with one attached hydrogen (secondary N) is 12. The molecule has 0 bridgehead atoms. The molecular formula is C116H228N12O2S. The smallest absolute Gasteiger partial charge is 0.0613 e. The molecule has 3 unspecified atom stereocenters. The first-order valence-electron chi connectivity index (χ1n) is 50.8. The molecule has 0 radical (unpaired) electrons. The minimum Gasteiger partial charge on any atom is -0.396 e. The van der Waals surface area contributed by atoms with Gasteiger partial charge in [-0.3, -0.25) is 0 Å². The molecule has 14 nitrogen and oxygen atoms in total. The molecule has 0 aliphatic heterocycles. The quantitative estimate of drug-likeness (QED) is 0.0223. The molecule has 15 heteroatoms. The van der Waals surface area contributed by atoms with Crippen LogP contribution in [0.15, 0.2) is 237 Å². The lowest BCUT2D eigenvalue weighted by Crippen LogP contribution is -2.38. The molecule has 2 aromatic rings. The van der Waals surface area contributed by atoms with Crippen LogP contribution in [0.25, 0.3) is 0 Å². The van der Waals surface area contributed by atoms with Crippen molar-refractivity contribution in [1.82, 2.24) is 63.8 Å². The number of benzene rings is 2. The Labute approximate surface area is 824 Å². The number of rotatable bonds is 69. The minimum atomic E-state index is 0.00116. The first-order valence-corrected chi connectivity index (χ1v) is 52.2. The van der Waals surface area contributed by atoms with Gasteiger partial charge in [-0.05, 0) is 286 Å². The van der Waals surface area contributed by atoms with E-state index in [1.165, 1.54) is 55.5 Å². The first-order chi connectivity index (χ1) is 63.0. The molecular weight excluding hydrogens is 1630 g/mol. The fourth-order valence-electron chi connectivity index (χ4n) is 10.1. The van der Waals surface area contributed by atoms with E-state index in [0.717, 1.165) is 251 Å². The van der Waals surface area contributed by atoms with Crippen molar-refractivity contribution in [2.24, 2.45) is 40.4 Å². The Morgan fingerprint density at radius 1 is 0.397 bits per heavy atom. The largest absolute Gasteiger partial charge is 0.396 e. The van der Waals surface area contributed by atoms with Crippen LogP contribution in [0.5, 0.6) is 0 Å². The molecule has 2 aromatic carbocycles. The number of ether oxygens (including phenoxy) is 1. The van der Waals surface area contributed by atoms with E-state index in [1.54, 1.807) is 7.11 Å². The average Bonchev–Trinajstić information content (AvgIpc) is 0.941. The standard InChI is InChI=1S/C12H17N.C11H15N.C11H23N.2C10H21N.C9H19NO.2C9H19N.C8H17NO.C8H17NS.C8H15N.C7H13N.2C2H6/c1-2-3-10-13-11-9-12-7-5-4-6-8-12;1-2-3-9-12-10-11-7-5-4-6-8-11;1-6-7-8-12-11(9(2)3)10(4)5;1-5-6-8-11-9-7-10(2,3)4;1-4-7-8-11-9-10(5-2)6-3;1-4-5-6-10-7-9(2,3)8-11;1-5-6-7-10-9(4)8(2)3;1-4-6-7-10-8-9(3)5-2;1-4-5-6-9-8(2)7-10-3;1-3-4-6-9-7-5-8-10-2;1-3-5-7-9-8-6-4-2;1-3-5-7-8-6-4-2;2*1-2/h2,4-8,13H,1,3,9-11H2;2,4-8,12H,1,3,9-10H2;6,9-12H,1,7-8H2,2-5H3;5,11H,1,6-9H2,2-4H3;4,10-11H,1,5-9H2,2-3H3;4,10-11H,1,5-8H2,2-3H3;5,8-10H,1,6-7H2,2-4H3;4,9-10H,1,5-8H2,2-3H3;4,8-9H,1,5-7H2,2-3H3;3,9H,1,4-8H2,2H3;3-4,6,9H,1,5,7-8H2,2H3;3-4,8H,1-2,5-7H2;2*1-2H3/b;;;;;;;;;;6-4-;;;. The Morgan fingerprint density at radius 2 is 0.763 bits per heavy atom. The van der Waals surface area contributed by atoms with Gasteiger partial charge in [-0.25, -0.2) is 0 Å². The maximum atomic E-state index is 8.89. The van der Waals surface area contributed by atoms with E-state index in [4.69, 9.17) is 9.84 Å². The molecule has 0 heterocycles. The van der Waals surface area contributed by atoms with Crippen LogP contribution in [0.3, 0.4) is 0 Å². The SMILES string of the molecule is C=CCCNC(C(C)C)C(C)C.C=CCCNC(C)C(C)C.C=CCCNC(C)COC.C=CCCNC/C=C\C.C=CCCNCC(C)(C)CO.C=CCCNCC(C)CC.C=CCCNCC(CC)CC.C=CCCNCC=C.C=CCCNCCC(C)(C)C.C=CCCNCCCSC.C=CCCNCCc1ccccc1.C=CCCNCc1ccccc1.CC.CC. The van der Waals surface area contributed by atoms with Crippen molar-refractivity contribution in [3.05, 3.63) is 248 Å². The first kappa shape index (κ1) is 151. The Bertz CT molecular complexity index is 2530. The zero-order valence-electron chi connectivity index (χ0n) is 91.2. The predicted octanol–water partition coefficient (Wildman–Crippen LogP) is 26.5. The van der Waals surface area contributed by atoms with Crippen LogP contribution in [-0.2, 0) is 17.7 Å². The lowest BCUT2D eigenvalue weighted by Gasteiger charge is -2.25.